The van der Waals surface area contributed by atoms with Crippen LogP contribution in [0, 0.1) is 0 Å². The van der Waals surface area contributed by atoms with Crippen molar-refractivity contribution >= 4 is 0 Å². The second-order valence-corrected chi connectivity index (χ2v) is 6.34. The molecule has 0 amide bonds. The van der Waals surface area contributed by atoms with Gasteiger partial charge in [0.1, 0.15) is 5.75 Å². The predicted molar refractivity (Wildman–Crippen MR) is 90.7 cm³/mol. The minimum absolute atomic E-state index is 0.604. The van der Waals surface area contributed by atoms with Crippen LogP contribution in [0.2, 0.25) is 0 Å². The van der Waals surface area contributed by atoms with Crippen LogP contribution in [-0.4, -0.2) is 46.6 Å². The lowest BCUT2D eigenvalue weighted by Crippen LogP contribution is -2.27. The Morgan fingerprint density at radius 1 is 1.22 bits per heavy atom. The number of nitrogens with zero attached hydrogens (tertiary/aromatic N) is 4. The quantitative estimate of drug-likeness (QED) is 0.851. The SMILES string of the molecule is COc1ccccc1C1CCCN(CCc2cn(C)nn2)CC1. The van der Waals surface area contributed by atoms with Gasteiger partial charge < -0.3 is 9.64 Å². The molecule has 0 N–H and O–H groups in total. The molecule has 3 rings (SSSR count). The highest BCUT2D eigenvalue weighted by Gasteiger charge is 2.20. The average Bonchev–Trinajstić information content (AvgIpc) is 2.85. The Morgan fingerprint density at radius 3 is 2.87 bits per heavy atom. The smallest absolute Gasteiger partial charge is 0.122 e. The third-order valence-corrected chi connectivity index (χ3v) is 4.73. The standard InChI is InChI=1S/C18H26N4O/c1-21-14-16(19-20-21)10-13-22-11-5-6-15(9-12-22)17-7-3-4-8-18(17)23-2/h3-4,7-8,14-15H,5-6,9-13H2,1-2H3. The second kappa shape index (κ2) is 7.59. The molecule has 1 atom stereocenters. The Balaban J connectivity index is 1.56. The van der Waals surface area contributed by atoms with Crippen LogP contribution in [0.5, 0.6) is 5.75 Å². The lowest BCUT2D eigenvalue weighted by molar-refractivity contribution is 0.286. The van der Waals surface area contributed by atoms with Crippen LogP contribution in [0.4, 0.5) is 0 Å². The van der Waals surface area contributed by atoms with Gasteiger partial charge in [0.25, 0.3) is 0 Å². The van der Waals surface area contributed by atoms with E-state index in [4.69, 9.17) is 4.74 Å². The van der Waals surface area contributed by atoms with E-state index in [0.29, 0.717) is 5.92 Å². The molecular weight excluding hydrogens is 288 g/mol. The van der Waals surface area contributed by atoms with Crippen LogP contribution in [0.25, 0.3) is 0 Å². The van der Waals surface area contributed by atoms with Crippen LogP contribution in [-0.2, 0) is 13.5 Å². The predicted octanol–water partition coefficient (Wildman–Crippen LogP) is 2.64. The van der Waals surface area contributed by atoms with Crippen LogP contribution < -0.4 is 4.74 Å². The molecular formula is C18H26N4O. The number of hydrogen-bond acceptors (Lipinski definition) is 4. The van der Waals surface area contributed by atoms with Gasteiger partial charge in [-0.05, 0) is 49.9 Å². The highest BCUT2D eigenvalue weighted by Crippen LogP contribution is 2.33. The fraction of sp³-hybridized carbons (Fsp3) is 0.556. The summed E-state index contributed by atoms with van der Waals surface area (Å²) in [5.74, 6) is 1.64. The summed E-state index contributed by atoms with van der Waals surface area (Å²) in [6, 6.07) is 8.46. The molecule has 2 heterocycles. The first-order valence-electron chi connectivity index (χ1n) is 8.46. The normalized spacial score (nSPS) is 19.5. The number of aromatic nitrogens is 3. The maximum absolute atomic E-state index is 5.54. The number of benzene rings is 1. The molecule has 0 spiro atoms. The molecule has 1 aliphatic heterocycles. The van der Waals surface area contributed by atoms with Gasteiger partial charge in [0.2, 0.25) is 0 Å². The molecule has 1 unspecified atom stereocenters. The van der Waals surface area contributed by atoms with E-state index in [2.05, 4.69) is 33.4 Å². The van der Waals surface area contributed by atoms with Crippen molar-refractivity contribution in [3.63, 3.8) is 0 Å². The summed E-state index contributed by atoms with van der Waals surface area (Å²) in [5, 5.41) is 8.18. The summed E-state index contributed by atoms with van der Waals surface area (Å²) in [5.41, 5.74) is 2.45. The van der Waals surface area contributed by atoms with E-state index in [9.17, 15) is 0 Å². The molecule has 0 bridgehead atoms. The minimum Gasteiger partial charge on any atom is -0.496 e. The number of hydrogen-bond donors (Lipinski definition) is 0. The van der Waals surface area contributed by atoms with Crippen molar-refractivity contribution < 1.29 is 4.74 Å². The van der Waals surface area contributed by atoms with Crippen molar-refractivity contribution in [3.05, 3.63) is 41.7 Å². The van der Waals surface area contributed by atoms with Crippen molar-refractivity contribution in [2.45, 2.75) is 31.6 Å². The highest BCUT2D eigenvalue weighted by molar-refractivity contribution is 5.36. The van der Waals surface area contributed by atoms with E-state index in [1.165, 1.54) is 31.4 Å². The third-order valence-electron chi connectivity index (χ3n) is 4.73. The van der Waals surface area contributed by atoms with E-state index in [1.807, 2.05) is 19.3 Å². The van der Waals surface area contributed by atoms with Crippen molar-refractivity contribution in [2.24, 2.45) is 7.05 Å². The Labute approximate surface area is 138 Å². The fourth-order valence-corrected chi connectivity index (χ4v) is 3.48. The summed E-state index contributed by atoms with van der Waals surface area (Å²) in [6.07, 6.45) is 6.66. The van der Waals surface area contributed by atoms with E-state index in [-0.39, 0.29) is 0 Å². The number of likely N-dealkylation sites (tertiary alicyclic amines) is 1. The molecule has 1 aromatic carbocycles. The molecule has 5 heteroatoms. The maximum atomic E-state index is 5.54. The van der Waals surface area contributed by atoms with Crippen LogP contribution in [0.15, 0.2) is 30.5 Å². The number of aryl methyl sites for hydroxylation is 1. The molecule has 1 aliphatic rings. The molecule has 0 radical (unpaired) electrons. The number of methoxy groups -OCH3 is 1. The summed E-state index contributed by atoms with van der Waals surface area (Å²) in [6.45, 7) is 3.38. The summed E-state index contributed by atoms with van der Waals surface area (Å²) < 4.78 is 7.32. The van der Waals surface area contributed by atoms with Gasteiger partial charge in [-0.3, -0.25) is 4.68 Å². The summed E-state index contributed by atoms with van der Waals surface area (Å²) in [7, 11) is 3.68. The van der Waals surface area contributed by atoms with E-state index in [1.54, 1.807) is 11.8 Å². The maximum Gasteiger partial charge on any atom is 0.122 e. The van der Waals surface area contributed by atoms with Crippen LogP contribution in [0.1, 0.15) is 36.4 Å². The molecule has 1 aromatic heterocycles. The highest BCUT2D eigenvalue weighted by atomic mass is 16.5. The minimum atomic E-state index is 0.604. The molecule has 2 aromatic rings. The average molecular weight is 314 g/mol. The molecule has 5 nitrogen and oxygen atoms in total. The largest absolute Gasteiger partial charge is 0.496 e. The van der Waals surface area contributed by atoms with Crippen molar-refractivity contribution in [3.8, 4) is 5.75 Å². The summed E-state index contributed by atoms with van der Waals surface area (Å²) in [4.78, 5) is 2.56. The molecule has 0 aliphatic carbocycles. The van der Waals surface area contributed by atoms with Crippen LogP contribution in [0.3, 0.4) is 0 Å². The first-order chi connectivity index (χ1) is 11.3. The van der Waals surface area contributed by atoms with E-state index < -0.39 is 0 Å². The van der Waals surface area contributed by atoms with Crippen molar-refractivity contribution in [1.82, 2.24) is 19.9 Å². The van der Waals surface area contributed by atoms with Crippen LogP contribution >= 0.6 is 0 Å². The number of para-hydroxylation sites is 1. The molecule has 1 saturated heterocycles. The van der Waals surface area contributed by atoms with Gasteiger partial charge in [0, 0.05) is 26.2 Å². The monoisotopic (exact) mass is 314 g/mol. The third kappa shape index (κ3) is 4.10. The van der Waals surface area contributed by atoms with Gasteiger partial charge in [0.05, 0.1) is 12.8 Å². The van der Waals surface area contributed by atoms with Crippen molar-refractivity contribution in [2.75, 3.05) is 26.7 Å². The number of rotatable bonds is 5. The van der Waals surface area contributed by atoms with Gasteiger partial charge in [0.15, 0.2) is 0 Å². The summed E-state index contributed by atoms with van der Waals surface area (Å²) >= 11 is 0. The first kappa shape index (κ1) is 16.0. The van der Waals surface area contributed by atoms with Crippen molar-refractivity contribution in [1.29, 1.82) is 0 Å². The topological polar surface area (TPSA) is 43.2 Å². The molecule has 23 heavy (non-hydrogen) atoms. The molecule has 124 valence electrons. The first-order valence-corrected chi connectivity index (χ1v) is 8.46. The lowest BCUT2D eigenvalue weighted by Gasteiger charge is -2.20. The van der Waals surface area contributed by atoms with Gasteiger partial charge >= 0.3 is 0 Å². The zero-order valence-corrected chi connectivity index (χ0v) is 14.1. The number of ether oxygens (including phenoxy) is 1. The van der Waals surface area contributed by atoms with Gasteiger partial charge in [-0.15, -0.1) is 5.10 Å². The Hall–Kier alpha value is -1.88. The molecule has 1 fully saturated rings. The van der Waals surface area contributed by atoms with E-state index >= 15 is 0 Å². The Bertz CT molecular complexity index is 625. The Morgan fingerprint density at radius 2 is 2.09 bits per heavy atom. The zero-order valence-electron chi connectivity index (χ0n) is 14.1. The van der Waals surface area contributed by atoms with Gasteiger partial charge in [-0.1, -0.05) is 23.4 Å². The van der Waals surface area contributed by atoms with Gasteiger partial charge in [-0.25, -0.2) is 0 Å². The Kier molecular flexibility index (Phi) is 5.28. The zero-order chi connectivity index (χ0) is 16.1. The second-order valence-electron chi connectivity index (χ2n) is 6.34. The molecule has 0 saturated carbocycles. The van der Waals surface area contributed by atoms with Gasteiger partial charge in [-0.2, -0.15) is 0 Å². The van der Waals surface area contributed by atoms with E-state index in [0.717, 1.165) is 31.0 Å². The lowest BCUT2D eigenvalue weighted by atomic mass is 9.91. The fourth-order valence-electron chi connectivity index (χ4n) is 3.48.